The number of aromatic nitrogens is 1. The van der Waals surface area contributed by atoms with E-state index in [9.17, 15) is 4.79 Å². The lowest BCUT2D eigenvalue weighted by Crippen LogP contribution is -2.31. The smallest absolute Gasteiger partial charge is 0.143 e. The second kappa shape index (κ2) is 12.9. The van der Waals surface area contributed by atoms with Crippen LogP contribution in [0.4, 0.5) is 0 Å². The standard InChI is InChI=1S/C33H40N2O3/c1-25-21-27(11-14-28(25)22-30(36)23-29-24-32(38-34-29)33(2,3)4)10-9-26-12-15-31(16-13-26)37-20-8-19-35-17-6-5-7-18-35/h11-16,21,24H,5-8,17-20,22-23H2,1-4H3. The van der Waals surface area contributed by atoms with Crippen LogP contribution in [-0.4, -0.2) is 42.1 Å². The molecule has 0 N–H and O–H groups in total. The number of benzene rings is 2. The zero-order valence-corrected chi connectivity index (χ0v) is 23.3. The molecule has 0 spiro atoms. The van der Waals surface area contributed by atoms with Crippen molar-refractivity contribution in [3.05, 3.63) is 82.2 Å². The predicted octanol–water partition coefficient (Wildman–Crippen LogP) is 6.29. The van der Waals surface area contributed by atoms with Gasteiger partial charge in [0.15, 0.2) is 0 Å². The summed E-state index contributed by atoms with van der Waals surface area (Å²) in [6.07, 6.45) is 5.74. The van der Waals surface area contributed by atoms with E-state index in [1.54, 1.807) is 0 Å². The van der Waals surface area contributed by atoms with Gasteiger partial charge < -0.3 is 14.2 Å². The van der Waals surface area contributed by atoms with Crippen molar-refractivity contribution in [3.63, 3.8) is 0 Å². The van der Waals surface area contributed by atoms with Gasteiger partial charge in [-0.25, -0.2) is 0 Å². The Morgan fingerprint density at radius 2 is 1.68 bits per heavy atom. The van der Waals surface area contributed by atoms with Gasteiger partial charge in [0.05, 0.1) is 18.7 Å². The van der Waals surface area contributed by atoms with Gasteiger partial charge in [-0.05, 0) is 86.8 Å². The second-order valence-corrected chi connectivity index (χ2v) is 11.3. The minimum absolute atomic E-state index is 0.120. The Morgan fingerprint density at radius 1 is 0.974 bits per heavy atom. The predicted molar refractivity (Wildman–Crippen MR) is 152 cm³/mol. The Morgan fingerprint density at radius 3 is 2.37 bits per heavy atom. The molecule has 1 saturated heterocycles. The monoisotopic (exact) mass is 512 g/mol. The second-order valence-electron chi connectivity index (χ2n) is 11.3. The lowest BCUT2D eigenvalue weighted by atomic mass is 9.93. The number of hydrogen-bond donors (Lipinski definition) is 0. The molecule has 0 atom stereocenters. The van der Waals surface area contributed by atoms with Crippen LogP contribution >= 0.6 is 0 Å². The zero-order valence-electron chi connectivity index (χ0n) is 23.3. The molecule has 0 unspecified atom stereocenters. The average Bonchev–Trinajstić information content (AvgIpc) is 3.37. The quantitative estimate of drug-likeness (QED) is 0.249. The summed E-state index contributed by atoms with van der Waals surface area (Å²) in [7, 11) is 0. The van der Waals surface area contributed by atoms with E-state index in [-0.39, 0.29) is 17.6 Å². The minimum Gasteiger partial charge on any atom is -0.494 e. The van der Waals surface area contributed by atoms with Crippen LogP contribution in [0.2, 0.25) is 0 Å². The van der Waals surface area contributed by atoms with E-state index in [1.807, 2.05) is 55.5 Å². The van der Waals surface area contributed by atoms with Crippen molar-refractivity contribution >= 4 is 5.78 Å². The topological polar surface area (TPSA) is 55.6 Å². The Hall–Kier alpha value is -3.36. The normalized spacial score (nSPS) is 14.1. The number of carbonyl (C=O) groups is 1. The summed E-state index contributed by atoms with van der Waals surface area (Å²) in [5, 5.41) is 4.07. The number of nitrogens with zero attached hydrogens (tertiary/aromatic N) is 2. The van der Waals surface area contributed by atoms with Crippen LogP contribution < -0.4 is 4.74 Å². The van der Waals surface area contributed by atoms with Crippen molar-refractivity contribution in [2.45, 2.75) is 71.6 Å². The van der Waals surface area contributed by atoms with Crippen molar-refractivity contribution in [2.75, 3.05) is 26.2 Å². The minimum atomic E-state index is -0.121. The molecule has 0 aliphatic carbocycles. The molecule has 38 heavy (non-hydrogen) atoms. The molecule has 1 aromatic heterocycles. The molecule has 5 nitrogen and oxygen atoms in total. The average molecular weight is 513 g/mol. The largest absolute Gasteiger partial charge is 0.494 e. The highest BCUT2D eigenvalue weighted by molar-refractivity contribution is 5.83. The number of carbonyl (C=O) groups excluding carboxylic acids is 1. The molecule has 4 rings (SSSR count). The summed E-state index contributed by atoms with van der Waals surface area (Å²) in [5.41, 5.74) is 4.53. The molecule has 1 aliphatic heterocycles. The Bertz CT molecular complexity index is 1270. The molecule has 0 bridgehead atoms. The Kier molecular flexibility index (Phi) is 9.42. The van der Waals surface area contributed by atoms with E-state index >= 15 is 0 Å². The van der Waals surface area contributed by atoms with Crippen LogP contribution in [0.5, 0.6) is 5.75 Å². The molecular formula is C33H40N2O3. The van der Waals surface area contributed by atoms with E-state index < -0.39 is 0 Å². The van der Waals surface area contributed by atoms with Crippen LogP contribution in [0.25, 0.3) is 0 Å². The summed E-state index contributed by atoms with van der Waals surface area (Å²) in [6, 6.07) is 15.9. The van der Waals surface area contributed by atoms with Crippen LogP contribution in [0, 0.1) is 18.8 Å². The fourth-order valence-corrected chi connectivity index (χ4v) is 4.64. The van der Waals surface area contributed by atoms with Crippen LogP contribution in [0.15, 0.2) is 53.1 Å². The molecule has 5 heteroatoms. The number of hydrogen-bond acceptors (Lipinski definition) is 5. The molecule has 200 valence electrons. The first-order valence-electron chi connectivity index (χ1n) is 13.8. The van der Waals surface area contributed by atoms with Gasteiger partial charge in [0.1, 0.15) is 17.3 Å². The van der Waals surface area contributed by atoms with Crippen LogP contribution in [-0.2, 0) is 23.1 Å². The SMILES string of the molecule is Cc1cc(C#Cc2ccc(OCCCN3CCCCC3)cc2)ccc1CC(=O)Cc1cc(C(C)(C)C)on1. The van der Waals surface area contributed by atoms with Crippen LogP contribution in [0.1, 0.15) is 80.2 Å². The molecule has 1 fully saturated rings. The van der Waals surface area contributed by atoms with E-state index in [0.717, 1.165) is 53.3 Å². The van der Waals surface area contributed by atoms with Crippen LogP contribution in [0.3, 0.4) is 0 Å². The highest BCUT2D eigenvalue weighted by Crippen LogP contribution is 2.23. The maximum Gasteiger partial charge on any atom is 0.143 e. The fraction of sp³-hybridized carbons (Fsp3) is 0.455. The van der Waals surface area contributed by atoms with E-state index in [2.05, 4.69) is 42.7 Å². The molecule has 0 amide bonds. The summed E-state index contributed by atoms with van der Waals surface area (Å²) >= 11 is 0. The summed E-state index contributed by atoms with van der Waals surface area (Å²) in [5.74, 6) is 8.28. The van der Waals surface area contributed by atoms with E-state index in [0.29, 0.717) is 12.1 Å². The number of piperidine rings is 1. The molecule has 2 heterocycles. The van der Waals surface area contributed by atoms with Crippen molar-refractivity contribution in [1.29, 1.82) is 0 Å². The van der Waals surface area contributed by atoms with Gasteiger partial charge >= 0.3 is 0 Å². The number of likely N-dealkylation sites (tertiary alicyclic amines) is 1. The van der Waals surface area contributed by atoms with Gasteiger partial charge in [-0.15, -0.1) is 0 Å². The molecule has 0 radical (unpaired) electrons. The summed E-state index contributed by atoms with van der Waals surface area (Å²) < 4.78 is 11.3. The number of aryl methyl sites for hydroxylation is 1. The third-order valence-corrected chi connectivity index (χ3v) is 6.95. The number of ketones is 1. The van der Waals surface area contributed by atoms with Gasteiger partial charge in [0.2, 0.25) is 0 Å². The van der Waals surface area contributed by atoms with Crippen molar-refractivity contribution in [2.24, 2.45) is 0 Å². The lowest BCUT2D eigenvalue weighted by Gasteiger charge is -2.26. The first-order valence-corrected chi connectivity index (χ1v) is 13.8. The highest BCUT2D eigenvalue weighted by atomic mass is 16.5. The van der Waals surface area contributed by atoms with Gasteiger partial charge in [0, 0.05) is 35.6 Å². The molecule has 0 saturated carbocycles. The Balaban J connectivity index is 1.25. The molecule has 2 aromatic carbocycles. The maximum atomic E-state index is 12.6. The van der Waals surface area contributed by atoms with Crippen molar-refractivity contribution < 1.29 is 14.1 Å². The van der Waals surface area contributed by atoms with Gasteiger partial charge in [-0.3, -0.25) is 4.79 Å². The summed E-state index contributed by atoms with van der Waals surface area (Å²) in [4.78, 5) is 15.2. The highest BCUT2D eigenvalue weighted by Gasteiger charge is 2.20. The first kappa shape index (κ1) is 27.7. The van der Waals surface area contributed by atoms with Crippen molar-refractivity contribution in [1.82, 2.24) is 10.1 Å². The molecule has 1 aliphatic rings. The third kappa shape index (κ3) is 8.33. The lowest BCUT2D eigenvalue weighted by molar-refractivity contribution is -0.117. The first-order chi connectivity index (χ1) is 18.3. The summed E-state index contributed by atoms with van der Waals surface area (Å²) in [6.45, 7) is 12.5. The van der Waals surface area contributed by atoms with Gasteiger partial charge in [0.25, 0.3) is 0 Å². The Labute approximate surface area is 227 Å². The van der Waals surface area contributed by atoms with Gasteiger partial charge in [-0.2, -0.15) is 0 Å². The maximum absolute atomic E-state index is 12.6. The number of ether oxygens (including phenoxy) is 1. The van der Waals surface area contributed by atoms with E-state index in [1.165, 1.54) is 32.4 Å². The number of rotatable bonds is 9. The number of Topliss-reactive ketones (excluding diaryl/α,β-unsaturated/α-hetero) is 1. The molecule has 3 aromatic rings. The third-order valence-electron chi connectivity index (χ3n) is 6.95. The van der Waals surface area contributed by atoms with E-state index in [4.69, 9.17) is 9.26 Å². The molecular weight excluding hydrogens is 472 g/mol. The van der Waals surface area contributed by atoms with Gasteiger partial charge in [-0.1, -0.05) is 50.3 Å². The van der Waals surface area contributed by atoms with Crippen molar-refractivity contribution in [3.8, 4) is 17.6 Å². The zero-order chi connectivity index (χ0) is 27.0. The fourth-order valence-electron chi connectivity index (χ4n) is 4.64.